The number of furan rings is 1. The van der Waals surface area contributed by atoms with Crippen LogP contribution in [0.1, 0.15) is 37.5 Å². The Labute approximate surface area is 278 Å². The Bertz CT molecular complexity index is 2650. The van der Waals surface area contributed by atoms with Crippen LogP contribution in [0.15, 0.2) is 144 Å². The number of nitrogens with zero attached hydrogens (tertiary/aromatic N) is 4. The molecule has 0 aliphatic heterocycles. The fourth-order valence-electron chi connectivity index (χ4n) is 7.17. The number of benzene rings is 5. The summed E-state index contributed by atoms with van der Waals surface area (Å²) in [5.41, 5.74) is 11.2. The second-order valence-corrected chi connectivity index (χ2v) is 13.6. The van der Waals surface area contributed by atoms with Crippen LogP contribution in [0.25, 0.3) is 61.0 Å². The number of hydrogen-bond donors (Lipinski definition) is 0. The highest BCUT2D eigenvalue weighted by molar-refractivity contribution is 6.10. The predicted molar refractivity (Wildman–Crippen MR) is 193 cm³/mol. The molecule has 0 aliphatic rings. The molecule has 4 heterocycles. The first kappa shape index (κ1) is 28.3. The molecule has 5 nitrogen and oxygen atoms in total. The van der Waals surface area contributed by atoms with Gasteiger partial charge in [-0.1, -0.05) is 106 Å². The third-order valence-corrected chi connectivity index (χ3v) is 9.39. The number of rotatable bonds is 5. The lowest BCUT2D eigenvalue weighted by atomic mass is 9.86. The first-order valence-corrected chi connectivity index (χ1v) is 16.4. The summed E-state index contributed by atoms with van der Waals surface area (Å²) < 4.78 is 12.6. The minimum atomic E-state index is -0.00606. The highest BCUT2D eigenvalue weighted by Gasteiger charge is 2.21. The highest BCUT2D eigenvalue weighted by atomic mass is 16.3. The van der Waals surface area contributed by atoms with Gasteiger partial charge < -0.3 is 4.42 Å². The highest BCUT2D eigenvalue weighted by Crippen LogP contribution is 2.35. The van der Waals surface area contributed by atoms with Crippen molar-refractivity contribution in [1.82, 2.24) is 14.1 Å². The Hall–Kier alpha value is -5.94. The van der Waals surface area contributed by atoms with E-state index in [0.717, 1.165) is 56.6 Å². The molecule has 9 aromatic rings. The lowest BCUT2D eigenvalue weighted by Gasteiger charge is -2.23. The van der Waals surface area contributed by atoms with Crippen molar-refractivity contribution >= 4 is 43.8 Å². The summed E-state index contributed by atoms with van der Waals surface area (Å²) in [6, 6.07) is 45.3. The molecule has 5 heteroatoms. The molecule has 0 fully saturated rings. The topological polar surface area (TPSA) is 39.8 Å². The van der Waals surface area contributed by atoms with Crippen LogP contribution in [0.3, 0.4) is 0 Å². The summed E-state index contributed by atoms with van der Waals surface area (Å²) in [6.07, 6.45) is 8.10. The number of fused-ring (bicyclic) bond motifs is 5. The Morgan fingerprint density at radius 1 is 0.708 bits per heavy atom. The zero-order chi connectivity index (χ0) is 32.4. The van der Waals surface area contributed by atoms with Crippen molar-refractivity contribution in [3.05, 3.63) is 163 Å². The van der Waals surface area contributed by atoms with Crippen molar-refractivity contribution in [3.8, 4) is 17.2 Å². The first-order valence-electron chi connectivity index (χ1n) is 16.4. The average molecular weight is 623 g/mol. The van der Waals surface area contributed by atoms with Gasteiger partial charge in [0.25, 0.3) is 6.33 Å². The lowest BCUT2D eigenvalue weighted by molar-refractivity contribution is -0.573. The molecule has 0 saturated carbocycles. The summed E-state index contributed by atoms with van der Waals surface area (Å²) in [7, 11) is 0. The molecule has 0 atom stereocenters. The maximum Gasteiger partial charge on any atom is 0.269 e. The summed E-state index contributed by atoms with van der Waals surface area (Å²) in [6.45, 7) is 6.79. The largest absolute Gasteiger partial charge is 0.460 e. The minimum Gasteiger partial charge on any atom is -0.460 e. The summed E-state index contributed by atoms with van der Waals surface area (Å²) in [5.74, 6) is 0.805. The number of para-hydroxylation sites is 4. The van der Waals surface area contributed by atoms with E-state index in [1.165, 1.54) is 27.5 Å². The van der Waals surface area contributed by atoms with Crippen molar-refractivity contribution in [1.29, 1.82) is 0 Å². The molecule has 232 valence electrons. The number of hydrogen-bond acceptors (Lipinski definition) is 2. The van der Waals surface area contributed by atoms with E-state index in [0.29, 0.717) is 0 Å². The van der Waals surface area contributed by atoms with Gasteiger partial charge in [-0.05, 0) is 71.0 Å². The van der Waals surface area contributed by atoms with Gasteiger partial charge in [-0.3, -0.25) is 13.7 Å². The quantitative estimate of drug-likeness (QED) is 0.142. The molecule has 5 aromatic carbocycles. The Kier molecular flexibility index (Phi) is 6.37. The van der Waals surface area contributed by atoms with Gasteiger partial charge in [0.2, 0.25) is 0 Å². The third kappa shape index (κ3) is 4.54. The second kappa shape index (κ2) is 10.8. The van der Waals surface area contributed by atoms with Crippen molar-refractivity contribution in [2.75, 3.05) is 0 Å². The van der Waals surface area contributed by atoms with Crippen molar-refractivity contribution < 1.29 is 8.98 Å². The first-order chi connectivity index (χ1) is 23.4. The number of imidazole rings is 1. The van der Waals surface area contributed by atoms with E-state index in [-0.39, 0.29) is 5.41 Å². The van der Waals surface area contributed by atoms with E-state index in [2.05, 4.69) is 156 Å². The molecular formula is C43H34N4O. The van der Waals surface area contributed by atoms with E-state index in [4.69, 9.17) is 9.40 Å². The van der Waals surface area contributed by atoms with Crippen LogP contribution in [0.2, 0.25) is 0 Å². The summed E-state index contributed by atoms with van der Waals surface area (Å²) >= 11 is 0. The van der Waals surface area contributed by atoms with E-state index < -0.39 is 0 Å². The van der Waals surface area contributed by atoms with Gasteiger partial charge in [-0.2, -0.15) is 0 Å². The zero-order valence-corrected chi connectivity index (χ0v) is 27.2. The van der Waals surface area contributed by atoms with E-state index in [9.17, 15) is 0 Å². The third-order valence-electron chi connectivity index (χ3n) is 9.39. The van der Waals surface area contributed by atoms with Gasteiger partial charge in [0, 0.05) is 22.4 Å². The smallest absolute Gasteiger partial charge is 0.269 e. The monoisotopic (exact) mass is 622 g/mol. The van der Waals surface area contributed by atoms with Gasteiger partial charge in [-0.25, -0.2) is 4.98 Å². The van der Waals surface area contributed by atoms with Crippen molar-refractivity contribution in [2.24, 2.45) is 0 Å². The molecule has 0 saturated heterocycles. The maximum atomic E-state index is 5.94. The zero-order valence-electron chi connectivity index (χ0n) is 27.2. The van der Waals surface area contributed by atoms with Crippen LogP contribution in [-0.4, -0.2) is 14.1 Å². The van der Waals surface area contributed by atoms with E-state index in [1.54, 1.807) is 6.26 Å². The fourth-order valence-corrected chi connectivity index (χ4v) is 7.17. The van der Waals surface area contributed by atoms with Crippen molar-refractivity contribution in [2.45, 2.75) is 32.6 Å². The SMILES string of the molecule is CC(C)(C)c1ccccc1-[n+]1[c-]n(-c2cccc(Cc3ccc4c5ccccc5n(-c5nccc6ccoc56)c4c3)c2)c2ccccc21. The van der Waals surface area contributed by atoms with Gasteiger partial charge in [0.1, 0.15) is 0 Å². The fraction of sp³-hybridized carbons (Fsp3) is 0.116. The normalized spacial score (nSPS) is 12.1. The molecule has 4 aromatic heterocycles. The summed E-state index contributed by atoms with van der Waals surface area (Å²) in [4.78, 5) is 4.81. The van der Waals surface area contributed by atoms with Crippen LogP contribution in [0, 0.1) is 6.33 Å². The number of aromatic nitrogens is 4. The molecule has 0 bridgehead atoms. The van der Waals surface area contributed by atoms with Crippen molar-refractivity contribution in [3.63, 3.8) is 0 Å². The molecule has 9 rings (SSSR count). The minimum absolute atomic E-state index is 0.00606. The van der Waals surface area contributed by atoms with Crippen LogP contribution < -0.4 is 4.57 Å². The second-order valence-electron chi connectivity index (χ2n) is 13.6. The molecule has 0 unspecified atom stereocenters. The summed E-state index contributed by atoms with van der Waals surface area (Å²) in [5, 5.41) is 3.43. The average Bonchev–Trinajstić information content (AvgIpc) is 3.82. The van der Waals surface area contributed by atoms with Gasteiger partial charge in [-0.15, -0.1) is 0 Å². The van der Waals surface area contributed by atoms with Crippen LogP contribution in [-0.2, 0) is 11.8 Å². The lowest BCUT2D eigenvalue weighted by Crippen LogP contribution is -2.33. The van der Waals surface area contributed by atoms with Crippen LogP contribution >= 0.6 is 0 Å². The van der Waals surface area contributed by atoms with Gasteiger partial charge in [0.05, 0.1) is 39.7 Å². The Morgan fingerprint density at radius 3 is 2.38 bits per heavy atom. The van der Waals surface area contributed by atoms with Crippen LogP contribution in [0.4, 0.5) is 0 Å². The molecule has 0 N–H and O–H groups in total. The van der Waals surface area contributed by atoms with E-state index in [1.807, 2.05) is 18.3 Å². The standard InChI is InChI=1S/C43H34N4O/c1-43(2,3)35-14-5-7-16-37(35)46-28-45(38-17-8-9-18-39(38)46)32-12-10-11-29(26-32)25-30-19-20-34-33-13-4-6-15-36(33)47(40(34)27-30)42-41-31(21-23-44-42)22-24-48-41/h4-24,26-27H,25H2,1-3H3. The maximum absolute atomic E-state index is 5.94. The number of pyridine rings is 1. The van der Waals surface area contributed by atoms with Gasteiger partial charge >= 0.3 is 0 Å². The van der Waals surface area contributed by atoms with Crippen LogP contribution in [0.5, 0.6) is 0 Å². The molecule has 48 heavy (non-hydrogen) atoms. The molecule has 0 aliphatic carbocycles. The molecule has 0 amide bonds. The predicted octanol–water partition coefficient (Wildman–Crippen LogP) is 9.83. The van der Waals surface area contributed by atoms with E-state index >= 15 is 0 Å². The molecular weight excluding hydrogens is 589 g/mol. The molecule has 0 radical (unpaired) electrons. The van der Waals surface area contributed by atoms with Gasteiger partial charge in [0.15, 0.2) is 11.4 Å². The Morgan fingerprint density at radius 2 is 1.48 bits per heavy atom. The molecule has 0 spiro atoms. The Balaban J connectivity index is 1.15.